The Labute approximate surface area is 69.3 Å². The highest BCUT2D eigenvalue weighted by Gasteiger charge is 2.44. The molecule has 11 heavy (non-hydrogen) atoms. The zero-order valence-electron chi connectivity index (χ0n) is 7.98. The van der Waals surface area contributed by atoms with Gasteiger partial charge in [0.05, 0.1) is 0 Å². The Hall–Kier alpha value is -0.0800. The molecule has 2 unspecified atom stereocenters. The van der Waals surface area contributed by atoms with Crippen molar-refractivity contribution in [1.29, 1.82) is 0 Å². The Morgan fingerprint density at radius 1 is 1.27 bits per heavy atom. The Morgan fingerprint density at radius 2 is 1.73 bits per heavy atom. The van der Waals surface area contributed by atoms with E-state index in [-0.39, 0.29) is 5.72 Å². The van der Waals surface area contributed by atoms with Crippen molar-refractivity contribution in [3.05, 3.63) is 0 Å². The van der Waals surface area contributed by atoms with Crippen molar-refractivity contribution in [3.8, 4) is 0 Å². The number of rotatable bonds is 2. The third-order valence-electron chi connectivity index (χ3n) is 3.23. The predicted octanol–water partition coefficient (Wildman–Crippen LogP) is 1.61. The van der Waals surface area contributed by atoms with Gasteiger partial charge in [0.1, 0.15) is 5.72 Å². The lowest BCUT2D eigenvalue weighted by Crippen LogP contribution is -2.51. The van der Waals surface area contributed by atoms with Gasteiger partial charge in [-0.1, -0.05) is 13.8 Å². The topological polar surface area (TPSA) is 21.3 Å². The first-order chi connectivity index (χ1) is 5.17. The van der Waals surface area contributed by atoms with Gasteiger partial charge in [-0.15, -0.1) is 0 Å². The van der Waals surface area contributed by atoms with Crippen molar-refractivity contribution in [3.63, 3.8) is 0 Å². The molecule has 2 heteroatoms. The molecule has 0 aliphatic heterocycles. The van der Waals surface area contributed by atoms with Crippen molar-refractivity contribution in [2.24, 2.45) is 11.8 Å². The zero-order chi connectivity index (χ0) is 8.48. The molecule has 0 radical (unpaired) electrons. The molecule has 0 spiro atoms. The average Bonchev–Trinajstić information content (AvgIpc) is 2.29. The van der Waals surface area contributed by atoms with Gasteiger partial charge in [-0.3, -0.25) is 5.32 Å². The summed E-state index contributed by atoms with van der Waals surface area (Å²) in [6, 6.07) is 0. The quantitative estimate of drug-likeness (QED) is 0.615. The van der Waals surface area contributed by atoms with Crippen LogP contribution in [0.5, 0.6) is 0 Å². The summed E-state index contributed by atoms with van der Waals surface area (Å²) in [6.07, 6.45) is 2.55. The van der Waals surface area contributed by atoms with Gasteiger partial charge in [-0.05, 0) is 31.7 Å². The van der Waals surface area contributed by atoms with Crippen LogP contribution in [0.25, 0.3) is 0 Å². The number of hydrogen-bond acceptors (Lipinski definition) is 2. The summed E-state index contributed by atoms with van der Waals surface area (Å²) >= 11 is 0. The summed E-state index contributed by atoms with van der Waals surface area (Å²) in [5.41, 5.74) is -0.0556. The molecule has 1 N–H and O–H groups in total. The van der Waals surface area contributed by atoms with Crippen LogP contribution in [0, 0.1) is 11.8 Å². The summed E-state index contributed by atoms with van der Waals surface area (Å²) in [5, 5.41) is 3.30. The zero-order valence-corrected chi connectivity index (χ0v) is 7.98. The Kier molecular flexibility index (Phi) is 2.55. The van der Waals surface area contributed by atoms with E-state index in [9.17, 15) is 0 Å². The maximum absolute atomic E-state index is 5.56. The maximum Gasteiger partial charge on any atom is 0.123 e. The van der Waals surface area contributed by atoms with E-state index in [1.165, 1.54) is 12.8 Å². The normalized spacial score (nSPS) is 44.7. The highest BCUT2D eigenvalue weighted by Crippen LogP contribution is 2.40. The van der Waals surface area contributed by atoms with Crippen LogP contribution in [0.15, 0.2) is 0 Å². The molecule has 0 heterocycles. The number of hydrogen-bond donors (Lipinski definition) is 1. The van der Waals surface area contributed by atoms with E-state index in [0.717, 1.165) is 0 Å². The predicted molar refractivity (Wildman–Crippen MR) is 46.4 cm³/mol. The van der Waals surface area contributed by atoms with Crippen LogP contribution >= 0.6 is 0 Å². The molecule has 1 fully saturated rings. The molecule has 1 rings (SSSR count). The molecule has 0 aromatic heterocycles. The minimum atomic E-state index is -0.0556. The van der Waals surface area contributed by atoms with E-state index in [1.54, 1.807) is 7.11 Å². The third kappa shape index (κ3) is 1.18. The van der Waals surface area contributed by atoms with E-state index >= 15 is 0 Å². The summed E-state index contributed by atoms with van der Waals surface area (Å²) < 4.78 is 5.56. The molecule has 66 valence electrons. The largest absolute Gasteiger partial charge is 0.363 e. The number of nitrogens with one attached hydrogen (secondary N) is 1. The van der Waals surface area contributed by atoms with Crippen LogP contribution < -0.4 is 5.32 Å². The van der Waals surface area contributed by atoms with Gasteiger partial charge < -0.3 is 4.74 Å². The SMILES string of the molecule is CNC1(OC)C(C)CCC1C. The first-order valence-electron chi connectivity index (χ1n) is 4.41. The highest BCUT2D eigenvalue weighted by molar-refractivity contribution is 4.93. The van der Waals surface area contributed by atoms with Crippen LogP contribution in [0.2, 0.25) is 0 Å². The summed E-state index contributed by atoms with van der Waals surface area (Å²) in [4.78, 5) is 0. The van der Waals surface area contributed by atoms with E-state index in [0.29, 0.717) is 11.8 Å². The smallest absolute Gasteiger partial charge is 0.123 e. The standard InChI is InChI=1S/C9H19NO/c1-7-5-6-8(2)9(7,10-3)11-4/h7-8,10H,5-6H2,1-4H3. The fraction of sp³-hybridized carbons (Fsp3) is 1.00. The minimum Gasteiger partial charge on any atom is -0.363 e. The Morgan fingerprint density at radius 3 is 1.91 bits per heavy atom. The first kappa shape index (κ1) is 9.01. The molecule has 0 aromatic rings. The van der Waals surface area contributed by atoms with Crippen LogP contribution in [0.4, 0.5) is 0 Å². The van der Waals surface area contributed by atoms with Gasteiger partial charge in [0.25, 0.3) is 0 Å². The molecule has 1 aliphatic carbocycles. The van der Waals surface area contributed by atoms with Gasteiger partial charge in [0.2, 0.25) is 0 Å². The van der Waals surface area contributed by atoms with E-state index in [2.05, 4.69) is 19.2 Å². The Balaban J connectivity index is 2.76. The molecule has 2 atom stereocenters. The molecule has 1 saturated carbocycles. The van der Waals surface area contributed by atoms with Crippen molar-refractivity contribution < 1.29 is 4.74 Å². The van der Waals surface area contributed by atoms with Gasteiger partial charge in [0, 0.05) is 7.11 Å². The lowest BCUT2D eigenvalue weighted by Gasteiger charge is -2.36. The second kappa shape index (κ2) is 3.11. The van der Waals surface area contributed by atoms with Gasteiger partial charge >= 0.3 is 0 Å². The molecule has 2 nitrogen and oxygen atoms in total. The molecule has 0 aromatic carbocycles. The van der Waals surface area contributed by atoms with Crippen molar-refractivity contribution in [2.75, 3.05) is 14.2 Å². The second-order valence-electron chi connectivity index (χ2n) is 3.63. The van der Waals surface area contributed by atoms with E-state index in [1.807, 2.05) is 7.05 Å². The minimum absolute atomic E-state index is 0.0556. The molecule has 1 aliphatic rings. The monoisotopic (exact) mass is 157 g/mol. The fourth-order valence-corrected chi connectivity index (χ4v) is 2.41. The van der Waals surface area contributed by atoms with Crippen LogP contribution in [0.3, 0.4) is 0 Å². The molecular formula is C9H19NO. The molecule has 0 saturated heterocycles. The number of methoxy groups -OCH3 is 1. The number of ether oxygens (including phenoxy) is 1. The average molecular weight is 157 g/mol. The molecule has 0 bridgehead atoms. The summed E-state index contributed by atoms with van der Waals surface area (Å²) in [5.74, 6) is 1.26. The van der Waals surface area contributed by atoms with Gasteiger partial charge in [0.15, 0.2) is 0 Å². The van der Waals surface area contributed by atoms with E-state index in [4.69, 9.17) is 4.74 Å². The first-order valence-corrected chi connectivity index (χ1v) is 4.41. The highest BCUT2D eigenvalue weighted by atomic mass is 16.5. The lowest BCUT2D eigenvalue weighted by atomic mass is 9.95. The fourth-order valence-electron chi connectivity index (χ4n) is 2.41. The second-order valence-corrected chi connectivity index (χ2v) is 3.63. The lowest BCUT2D eigenvalue weighted by molar-refractivity contribution is -0.0869. The van der Waals surface area contributed by atoms with Crippen molar-refractivity contribution in [2.45, 2.75) is 32.4 Å². The molecule has 0 amide bonds. The van der Waals surface area contributed by atoms with E-state index < -0.39 is 0 Å². The third-order valence-corrected chi connectivity index (χ3v) is 3.23. The van der Waals surface area contributed by atoms with Crippen molar-refractivity contribution >= 4 is 0 Å². The van der Waals surface area contributed by atoms with Gasteiger partial charge in [-0.2, -0.15) is 0 Å². The van der Waals surface area contributed by atoms with Gasteiger partial charge in [-0.25, -0.2) is 0 Å². The van der Waals surface area contributed by atoms with Crippen LogP contribution in [-0.2, 0) is 4.74 Å². The van der Waals surface area contributed by atoms with Crippen molar-refractivity contribution in [1.82, 2.24) is 5.32 Å². The summed E-state index contributed by atoms with van der Waals surface area (Å²) in [7, 11) is 3.79. The van der Waals surface area contributed by atoms with Crippen LogP contribution in [0.1, 0.15) is 26.7 Å². The summed E-state index contributed by atoms with van der Waals surface area (Å²) in [6.45, 7) is 4.51. The maximum atomic E-state index is 5.56. The molecular weight excluding hydrogens is 138 g/mol. The Bertz CT molecular complexity index is 120. The van der Waals surface area contributed by atoms with Crippen LogP contribution in [-0.4, -0.2) is 19.9 Å².